The number of pyridine rings is 2. The van der Waals surface area contributed by atoms with E-state index in [-0.39, 0.29) is 11.8 Å². The van der Waals surface area contributed by atoms with E-state index in [1.165, 1.54) is 4.90 Å². The zero-order chi connectivity index (χ0) is 20.4. The predicted molar refractivity (Wildman–Crippen MR) is 120 cm³/mol. The number of phenolic OH excluding ortho intramolecular Hbond substituents is 1. The average molecular weight is 403 g/mol. The van der Waals surface area contributed by atoms with Crippen LogP contribution in [0.4, 0.5) is 5.82 Å². The quantitative estimate of drug-likeness (QED) is 0.445. The molecule has 0 bridgehead atoms. The van der Waals surface area contributed by atoms with Gasteiger partial charge in [0.25, 0.3) is 5.82 Å². The highest BCUT2D eigenvalue weighted by Crippen LogP contribution is 2.36. The molecule has 4 aromatic rings. The molecule has 4 nitrogen and oxygen atoms in total. The number of nitrogens with zero attached hydrogens (tertiary/aromatic N) is 1. The summed E-state index contributed by atoms with van der Waals surface area (Å²) in [5.41, 5.74) is 4.43. The molecule has 3 N–H and O–H groups in total. The molecule has 5 heteroatoms. The van der Waals surface area contributed by atoms with Gasteiger partial charge < -0.3 is 5.11 Å². The van der Waals surface area contributed by atoms with E-state index in [0.29, 0.717) is 5.52 Å². The number of fused-ring (bicyclic) bond motifs is 1. The molecule has 0 spiro atoms. The summed E-state index contributed by atoms with van der Waals surface area (Å²) in [6.45, 7) is 3.96. The number of benzene rings is 2. The molecule has 2 aromatic carbocycles. The first-order valence-electron chi connectivity index (χ1n) is 9.54. The van der Waals surface area contributed by atoms with E-state index in [2.05, 4.69) is 45.8 Å². The lowest BCUT2D eigenvalue weighted by molar-refractivity contribution is -0.371. The third-order valence-electron chi connectivity index (χ3n) is 5.01. The van der Waals surface area contributed by atoms with Gasteiger partial charge in [0.2, 0.25) is 0 Å². The van der Waals surface area contributed by atoms with Gasteiger partial charge in [0.1, 0.15) is 17.3 Å². The van der Waals surface area contributed by atoms with E-state index in [9.17, 15) is 5.11 Å². The minimum Gasteiger partial charge on any atom is -0.505 e. The van der Waals surface area contributed by atoms with Gasteiger partial charge in [-0.05, 0) is 50.4 Å². The van der Waals surface area contributed by atoms with E-state index in [0.717, 1.165) is 33.7 Å². The van der Waals surface area contributed by atoms with Crippen molar-refractivity contribution in [2.45, 2.75) is 24.8 Å². The highest BCUT2D eigenvalue weighted by atomic mass is 32.2. The van der Waals surface area contributed by atoms with Gasteiger partial charge >= 0.3 is 0 Å². The standard InChI is InChI=1S/C24H23N3OS/c1-15-5-4-6-21(25-15)27-22(17-9-12-19(29-3)13-10-17)20-14-11-18-8-7-16(2)26-23(18)24(20)28/h4-14,22,28H,1-3H3,(H,25,27)/p+1/t22-/m0/s1. The van der Waals surface area contributed by atoms with Crippen LogP contribution < -0.4 is 10.3 Å². The van der Waals surface area contributed by atoms with Gasteiger partial charge in [0.05, 0.1) is 5.69 Å². The number of H-pyrrole nitrogens is 1. The molecule has 0 aliphatic rings. The Morgan fingerprint density at radius 2 is 1.72 bits per heavy atom. The predicted octanol–water partition coefficient (Wildman–Crippen LogP) is 5.29. The Morgan fingerprint density at radius 1 is 0.966 bits per heavy atom. The van der Waals surface area contributed by atoms with Crippen molar-refractivity contribution in [3.05, 3.63) is 89.2 Å². The summed E-state index contributed by atoms with van der Waals surface area (Å²) < 4.78 is 0. The maximum absolute atomic E-state index is 11.1. The third-order valence-corrected chi connectivity index (χ3v) is 5.75. The fourth-order valence-corrected chi connectivity index (χ4v) is 3.89. The monoisotopic (exact) mass is 402 g/mol. The first kappa shape index (κ1) is 19.3. The molecule has 0 fully saturated rings. The molecular weight excluding hydrogens is 378 g/mol. The maximum atomic E-state index is 11.1. The number of aromatic amines is 1. The average Bonchev–Trinajstić information content (AvgIpc) is 2.73. The number of aromatic hydroxyl groups is 1. The van der Waals surface area contributed by atoms with E-state index in [4.69, 9.17) is 0 Å². The molecule has 0 unspecified atom stereocenters. The van der Waals surface area contributed by atoms with Crippen molar-refractivity contribution in [1.82, 2.24) is 4.98 Å². The Morgan fingerprint density at radius 3 is 2.45 bits per heavy atom. The molecule has 4 rings (SSSR count). The molecule has 2 aromatic heterocycles. The summed E-state index contributed by atoms with van der Waals surface area (Å²) in [5, 5.41) is 15.6. The topological polar surface area (TPSA) is 59.3 Å². The van der Waals surface area contributed by atoms with Crippen molar-refractivity contribution >= 4 is 28.5 Å². The molecule has 0 aliphatic heterocycles. The summed E-state index contributed by atoms with van der Waals surface area (Å²) in [6, 6.07) is 22.2. The van der Waals surface area contributed by atoms with Gasteiger partial charge in [0.15, 0.2) is 0 Å². The van der Waals surface area contributed by atoms with Gasteiger partial charge in [-0.3, -0.25) is 5.32 Å². The number of hydrogen-bond donors (Lipinski definition) is 2. The van der Waals surface area contributed by atoms with Crippen LogP contribution in [0.3, 0.4) is 0 Å². The zero-order valence-corrected chi connectivity index (χ0v) is 17.5. The smallest absolute Gasteiger partial charge is 0.273 e. The normalized spacial score (nSPS) is 12.1. The Kier molecular flexibility index (Phi) is 5.41. The summed E-state index contributed by atoms with van der Waals surface area (Å²) in [4.78, 5) is 9.13. The molecule has 2 heterocycles. The highest BCUT2D eigenvalue weighted by Gasteiger charge is 2.24. The van der Waals surface area contributed by atoms with Gasteiger partial charge in [0, 0.05) is 33.2 Å². The van der Waals surface area contributed by atoms with E-state index in [1.54, 1.807) is 11.8 Å². The van der Waals surface area contributed by atoms with E-state index in [1.807, 2.05) is 56.3 Å². The first-order chi connectivity index (χ1) is 14.0. The van der Waals surface area contributed by atoms with E-state index < -0.39 is 0 Å². The summed E-state index contributed by atoms with van der Waals surface area (Å²) >= 11 is 1.71. The molecule has 0 radical (unpaired) electrons. The van der Waals surface area contributed by atoms with Gasteiger partial charge in [-0.25, -0.2) is 9.97 Å². The zero-order valence-electron chi connectivity index (χ0n) is 16.7. The highest BCUT2D eigenvalue weighted by molar-refractivity contribution is 7.98. The Bertz CT molecular complexity index is 1160. The number of hydrogen-bond acceptors (Lipinski definition) is 4. The van der Waals surface area contributed by atoms with Crippen molar-refractivity contribution in [3.8, 4) is 5.75 Å². The van der Waals surface area contributed by atoms with Crippen LogP contribution in [0.2, 0.25) is 0 Å². The van der Waals surface area contributed by atoms with Crippen LogP contribution in [0.15, 0.2) is 71.6 Å². The van der Waals surface area contributed by atoms with Gasteiger partial charge in [-0.2, -0.15) is 0 Å². The fraction of sp³-hybridized carbons (Fsp3) is 0.167. The fourth-order valence-electron chi connectivity index (χ4n) is 3.48. The largest absolute Gasteiger partial charge is 0.505 e. The van der Waals surface area contributed by atoms with Gasteiger partial charge in [-0.1, -0.05) is 30.3 Å². The van der Waals surface area contributed by atoms with Crippen LogP contribution >= 0.6 is 11.8 Å². The van der Waals surface area contributed by atoms with Crippen molar-refractivity contribution in [3.63, 3.8) is 0 Å². The molecule has 1 atom stereocenters. The van der Waals surface area contributed by atoms with E-state index >= 15 is 0 Å². The Labute approximate surface area is 175 Å². The van der Waals surface area contributed by atoms with Crippen molar-refractivity contribution in [2.75, 3.05) is 11.6 Å². The summed E-state index contributed by atoms with van der Waals surface area (Å²) in [6.07, 6.45) is 2.07. The number of aromatic nitrogens is 2. The Balaban J connectivity index is 1.84. The molecule has 0 amide bonds. The molecule has 0 aliphatic carbocycles. The molecular formula is C24H24N3OS+. The summed E-state index contributed by atoms with van der Waals surface area (Å²) in [7, 11) is 0. The minimum atomic E-state index is -0.226. The lowest BCUT2D eigenvalue weighted by Gasteiger charge is -2.18. The Hall–Kier alpha value is -3.05. The number of nitrogens with one attached hydrogen (secondary N) is 2. The van der Waals surface area contributed by atoms with Crippen LogP contribution in [-0.2, 0) is 0 Å². The molecule has 29 heavy (non-hydrogen) atoms. The first-order valence-corrected chi connectivity index (χ1v) is 10.8. The number of aryl methyl sites for hydroxylation is 2. The molecule has 0 saturated carbocycles. The second-order valence-electron chi connectivity index (χ2n) is 7.13. The van der Waals surface area contributed by atoms with Crippen molar-refractivity contribution in [2.24, 2.45) is 0 Å². The molecule has 0 saturated heterocycles. The minimum absolute atomic E-state index is 0.213. The van der Waals surface area contributed by atoms with Crippen molar-refractivity contribution in [1.29, 1.82) is 0 Å². The maximum Gasteiger partial charge on any atom is 0.273 e. The lowest BCUT2D eigenvalue weighted by atomic mass is 9.96. The van der Waals surface area contributed by atoms with Crippen molar-refractivity contribution < 1.29 is 10.1 Å². The number of phenols is 1. The lowest BCUT2D eigenvalue weighted by Crippen LogP contribution is -2.20. The van der Waals surface area contributed by atoms with Crippen LogP contribution in [-0.4, -0.2) is 16.3 Å². The molecule has 146 valence electrons. The second kappa shape index (κ2) is 8.13. The number of rotatable bonds is 5. The number of thioether (sulfide) groups is 1. The van der Waals surface area contributed by atoms with Crippen LogP contribution in [0.25, 0.3) is 10.9 Å². The van der Waals surface area contributed by atoms with Crippen LogP contribution in [0, 0.1) is 13.8 Å². The second-order valence-corrected chi connectivity index (χ2v) is 8.01. The summed E-state index contributed by atoms with van der Waals surface area (Å²) in [5.74, 6) is 1.10. The van der Waals surface area contributed by atoms with Gasteiger partial charge in [-0.15, -0.1) is 11.8 Å². The number of anilines is 1. The SMILES string of the molecule is CSc1ccc([C@H](Nc2cccc(C)[nH+]2)c2ccc3ccc(C)nc3c2O)cc1. The van der Waals surface area contributed by atoms with Crippen LogP contribution in [0.5, 0.6) is 5.75 Å². The van der Waals surface area contributed by atoms with Crippen LogP contribution in [0.1, 0.15) is 28.6 Å². The third kappa shape index (κ3) is 4.05.